The zero-order chi connectivity index (χ0) is 21.3. The lowest BCUT2D eigenvalue weighted by atomic mass is 10.2. The molecular weight excluding hydrogens is 398 g/mol. The standard InChI is InChI=1S/C22H23N5O2S/c1-16-6-5-7-17(14-16)30(28,29)20(15-23)21-22(27-12-10-26(2)11-13-27)25-19-9-4-3-8-18(19)24-21/h3-9,14,20H,10-13H2,1-2H3/p+1/t20-/m1/s1. The van der Waals surface area contributed by atoms with Gasteiger partial charge in [0.15, 0.2) is 11.1 Å². The number of nitriles is 1. The number of hydrogen-bond donors (Lipinski definition) is 1. The van der Waals surface area contributed by atoms with Crippen molar-refractivity contribution in [3.8, 4) is 6.07 Å². The SMILES string of the molecule is Cc1cccc(S(=O)(=O)[C@H](C#N)c2nc3ccccc3nc2N2CC[NH+](C)CC2)c1. The molecule has 1 N–H and O–H groups in total. The Morgan fingerprint density at radius 3 is 2.37 bits per heavy atom. The molecule has 30 heavy (non-hydrogen) atoms. The second-order valence-electron chi connectivity index (χ2n) is 7.74. The molecule has 0 unspecified atom stereocenters. The van der Waals surface area contributed by atoms with Gasteiger partial charge in [0.2, 0.25) is 9.84 Å². The van der Waals surface area contributed by atoms with Gasteiger partial charge in [-0.1, -0.05) is 24.3 Å². The smallest absolute Gasteiger partial charge is 0.200 e. The summed E-state index contributed by atoms with van der Waals surface area (Å²) in [6, 6.07) is 16.0. The minimum Gasteiger partial charge on any atom is -0.344 e. The number of sulfone groups is 1. The van der Waals surface area contributed by atoms with E-state index in [0.29, 0.717) is 16.9 Å². The molecule has 0 aliphatic carbocycles. The molecule has 1 atom stereocenters. The van der Waals surface area contributed by atoms with Gasteiger partial charge in [-0.25, -0.2) is 18.4 Å². The first-order valence-electron chi connectivity index (χ1n) is 9.93. The first-order chi connectivity index (χ1) is 14.4. The number of piperazine rings is 1. The first-order valence-corrected chi connectivity index (χ1v) is 11.5. The number of hydrogen-bond acceptors (Lipinski definition) is 6. The van der Waals surface area contributed by atoms with Gasteiger partial charge in [0.05, 0.1) is 55.2 Å². The van der Waals surface area contributed by atoms with Crippen LogP contribution in [0.4, 0.5) is 5.82 Å². The maximum Gasteiger partial charge on any atom is 0.200 e. The molecule has 0 spiro atoms. The molecular formula is C22H24N5O2S+. The van der Waals surface area contributed by atoms with Crippen LogP contribution < -0.4 is 9.80 Å². The van der Waals surface area contributed by atoms with Crippen molar-refractivity contribution in [1.82, 2.24) is 9.97 Å². The largest absolute Gasteiger partial charge is 0.344 e. The van der Waals surface area contributed by atoms with Crippen molar-refractivity contribution in [3.05, 3.63) is 59.8 Å². The zero-order valence-corrected chi connectivity index (χ0v) is 17.9. The van der Waals surface area contributed by atoms with Crippen LogP contribution in [0.15, 0.2) is 53.4 Å². The van der Waals surface area contributed by atoms with Crippen LogP contribution in [0.1, 0.15) is 16.5 Å². The fourth-order valence-corrected chi connectivity index (χ4v) is 5.20. The number of nitrogens with one attached hydrogen (secondary N) is 1. The predicted molar refractivity (Wildman–Crippen MR) is 115 cm³/mol. The van der Waals surface area contributed by atoms with E-state index in [1.54, 1.807) is 18.2 Å². The monoisotopic (exact) mass is 422 g/mol. The molecule has 1 saturated heterocycles. The Morgan fingerprint density at radius 1 is 1.07 bits per heavy atom. The van der Waals surface area contributed by atoms with Gasteiger partial charge in [-0.2, -0.15) is 5.26 Å². The highest BCUT2D eigenvalue weighted by Gasteiger charge is 2.35. The molecule has 1 aliphatic rings. The van der Waals surface area contributed by atoms with E-state index >= 15 is 0 Å². The zero-order valence-electron chi connectivity index (χ0n) is 17.0. The van der Waals surface area contributed by atoms with Gasteiger partial charge >= 0.3 is 0 Å². The molecule has 2 aromatic carbocycles. The van der Waals surface area contributed by atoms with Gasteiger partial charge in [-0.05, 0) is 36.8 Å². The van der Waals surface area contributed by atoms with Crippen molar-refractivity contribution in [2.24, 2.45) is 0 Å². The fourth-order valence-electron chi connectivity index (χ4n) is 3.72. The van der Waals surface area contributed by atoms with Crippen LogP contribution in [0.25, 0.3) is 11.0 Å². The summed E-state index contributed by atoms with van der Waals surface area (Å²) in [6.45, 7) is 5.11. The molecule has 0 saturated carbocycles. The molecule has 154 valence electrons. The minimum atomic E-state index is -3.96. The average Bonchev–Trinajstić information content (AvgIpc) is 2.74. The van der Waals surface area contributed by atoms with Crippen LogP contribution >= 0.6 is 0 Å². The maximum atomic E-state index is 13.4. The highest BCUT2D eigenvalue weighted by Crippen LogP contribution is 2.34. The Balaban J connectivity index is 1.89. The first kappa shape index (κ1) is 20.3. The summed E-state index contributed by atoms with van der Waals surface area (Å²) in [6.07, 6.45) is 0. The summed E-state index contributed by atoms with van der Waals surface area (Å²) < 4.78 is 26.9. The third kappa shape index (κ3) is 3.74. The molecule has 0 amide bonds. The van der Waals surface area contributed by atoms with E-state index in [1.165, 1.54) is 11.0 Å². The Labute approximate surface area is 176 Å². The number of para-hydroxylation sites is 2. The van der Waals surface area contributed by atoms with Crippen molar-refractivity contribution >= 4 is 26.7 Å². The van der Waals surface area contributed by atoms with Gasteiger partial charge < -0.3 is 9.80 Å². The van der Waals surface area contributed by atoms with Crippen LogP contribution in [-0.2, 0) is 9.84 Å². The molecule has 7 nitrogen and oxygen atoms in total. The van der Waals surface area contributed by atoms with E-state index in [-0.39, 0.29) is 10.6 Å². The number of rotatable bonds is 4. The predicted octanol–water partition coefficient (Wildman–Crippen LogP) is 1.31. The van der Waals surface area contributed by atoms with Gasteiger partial charge in [-0.15, -0.1) is 0 Å². The van der Waals surface area contributed by atoms with Gasteiger partial charge in [0, 0.05) is 0 Å². The summed E-state index contributed by atoms with van der Waals surface area (Å²) in [5, 5.41) is 8.53. The topological polar surface area (TPSA) is 91.4 Å². The third-order valence-electron chi connectivity index (χ3n) is 5.49. The number of benzene rings is 2. The summed E-state index contributed by atoms with van der Waals surface area (Å²) in [7, 11) is -1.83. The number of fused-ring (bicyclic) bond motifs is 1. The Morgan fingerprint density at radius 2 is 1.73 bits per heavy atom. The van der Waals surface area contributed by atoms with Crippen molar-refractivity contribution in [2.75, 3.05) is 38.1 Å². The molecule has 1 aromatic heterocycles. The summed E-state index contributed by atoms with van der Waals surface area (Å²) in [4.78, 5) is 13.0. The molecule has 0 bridgehead atoms. The second kappa shape index (κ2) is 8.01. The van der Waals surface area contributed by atoms with E-state index < -0.39 is 15.1 Å². The van der Waals surface area contributed by atoms with E-state index in [4.69, 9.17) is 4.98 Å². The Bertz CT molecular complexity index is 1230. The minimum absolute atomic E-state index is 0.123. The lowest BCUT2D eigenvalue weighted by Gasteiger charge is -2.32. The number of likely N-dealkylation sites (N-methyl/N-ethyl adjacent to an activating group) is 1. The molecule has 0 radical (unpaired) electrons. The third-order valence-corrected chi connectivity index (χ3v) is 7.35. The van der Waals surface area contributed by atoms with E-state index in [2.05, 4.69) is 16.9 Å². The van der Waals surface area contributed by atoms with Crippen molar-refractivity contribution in [2.45, 2.75) is 17.1 Å². The van der Waals surface area contributed by atoms with Crippen molar-refractivity contribution < 1.29 is 13.3 Å². The number of quaternary nitrogens is 1. The van der Waals surface area contributed by atoms with Gasteiger partial charge in [-0.3, -0.25) is 0 Å². The lowest BCUT2D eigenvalue weighted by molar-refractivity contribution is -0.880. The quantitative estimate of drug-likeness (QED) is 0.682. The molecule has 2 heterocycles. The van der Waals surface area contributed by atoms with Crippen LogP contribution in [0, 0.1) is 18.3 Å². The van der Waals surface area contributed by atoms with Gasteiger partial charge in [0.1, 0.15) is 5.69 Å². The number of aromatic nitrogens is 2. The highest BCUT2D eigenvalue weighted by atomic mass is 32.2. The molecule has 4 rings (SSSR count). The normalized spacial score (nSPS) is 16.4. The van der Waals surface area contributed by atoms with Crippen LogP contribution in [-0.4, -0.2) is 51.6 Å². The molecule has 3 aromatic rings. The molecule has 1 fully saturated rings. The molecule has 8 heteroatoms. The van der Waals surface area contributed by atoms with E-state index in [1.807, 2.05) is 37.3 Å². The number of anilines is 1. The van der Waals surface area contributed by atoms with Crippen molar-refractivity contribution in [1.29, 1.82) is 5.26 Å². The summed E-state index contributed by atoms with van der Waals surface area (Å²) >= 11 is 0. The second-order valence-corrected chi connectivity index (χ2v) is 9.77. The van der Waals surface area contributed by atoms with Crippen LogP contribution in [0.2, 0.25) is 0 Å². The van der Waals surface area contributed by atoms with E-state index in [9.17, 15) is 13.7 Å². The van der Waals surface area contributed by atoms with Crippen LogP contribution in [0.5, 0.6) is 0 Å². The van der Waals surface area contributed by atoms with Crippen molar-refractivity contribution in [3.63, 3.8) is 0 Å². The Kier molecular flexibility index (Phi) is 5.41. The van der Waals surface area contributed by atoms with Crippen LogP contribution in [0.3, 0.4) is 0 Å². The number of aryl methyl sites for hydroxylation is 1. The average molecular weight is 423 g/mol. The summed E-state index contributed by atoms with van der Waals surface area (Å²) in [5.41, 5.74) is 2.29. The van der Waals surface area contributed by atoms with Gasteiger partial charge in [0.25, 0.3) is 0 Å². The van der Waals surface area contributed by atoms with E-state index in [0.717, 1.165) is 31.7 Å². The maximum absolute atomic E-state index is 13.4. The fraction of sp³-hybridized carbons (Fsp3) is 0.318. The Hall–Kier alpha value is -3.02. The molecule has 1 aliphatic heterocycles. The summed E-state index contributed by atoms with van der Waals surface area (Å²) in [5.74, 6) is 0.490. The lowest BCUT2D eigenvalue weighted by Crippen LogP contribution is -3.12. The number of nitrogens with zero attached hydrogens (tertiary/aromatic N) is 4. The highest BCUT2D eigenvalue weighted by molar-refractivity contribution is 7.92.